The van der Waals surface area contributed by atoms with E-state index in [1.165, 1.54) is 11.3 Å². The topological polar surface area (TPSA) is 63.3 Å². The highest BCUT2D eigenvalue weighted by Gasteiger charge is 2.24. The molecule has 4 aromatic rings. The van der Waals surface area contributed by atoms with E-state index < -0.39 is 0 Å². The second-order valence-corrected chi connectivity index (χ2v) is 7.56. The lowest BCUT2D eigenvalue weighted by Gasteiger charge is -2.22. The van der Waals surface area contributed by atoms with Crippen LogP contribution in [0.3, 0.4) is 0 Å². The molecule has 0 aliphatic rings. The highest BCUT2D eigenvalue weighted by Crippen LogP contribution is 2.40. The van der Waals surface area contributed by atoms with Crippen molar-refractivity contribution >= 4 is 28.1 Å². The van der Waals surface area contributed by atoms with Crippen LogP contribution in [0.1, 0.15) is 26.7 Å². The summed E-state index contributed by atoms with van der Waals surface area (Å²) >= 11 is 1.43. The van der Waals surface area contributed by atoms with Gasteiger partial charge < -0.3 is 19.8 Å². The molecule has 0 fully saturated rings. The molecule has 6 heteroatoms. The number of benzene rings is 2. The van der Waals surface area contributed by atoms with E-state index in [-0.39, 0.29) is 11.8 Å². The summed E-state index contributed by atoms with van der Waals surface area (Å²) < 4.78 is 11.2. The van der Waals surface area contributed by atoms with E-state index in [0.29, 0.717) is 22.9 Å². The first-order chi connectivity index (χ1) is 14.2. The van der Waals surface area contributed by atoms with E-state index in [1.54, 1.807) is 14.2 Å². The normalized spacial score (nSPS) is 11.9. The lowest BCUT2D eigenvalue weighted by atomic mass is 9.89. The van der Waals surface area contributed by atoms with Gasteiger partial charge in [-0.25, -0.2) is 0 Å². The van der Waals surface area contributed by atoms with Gasteiger partial charge >= 0.3 is 0 Å². The average Bonchev–Trinajstić information content (AvgIpc) is 3.44. The van der Waals surface area contributed by atoms with E-state index in [2.05, 4.69) is 16.4 Å². The minimum absolute atomic E-state index is 0.0771. The SMILES string of the molecule is COc1cccc(C(CNC(=O)c2cccs2)c2c[nH]c3ccccc23)c1OC. The molecular formula is C23H22N2O3S. The quantitative estimate of drug-likeness (QED) is 0.463. The minimum atomic E-state index is -0.111. The molecule has 2 heterocycles. The van der Waals surface area contributed by atoms with Crippen LogP contribution in [0.15, 0.2) is 66.2 Å². The van der Waals surface area contributed by atoms with Gasteiger partial charge in [-0.1, -0.05) is 36.4 Å². The summed E-state index contributed by atoms with van der Waals surface area (Å²) in [4.78, 5) is 16.6. The molecule has 2 aromatic carbocycles. The van der Waals surface area contributed by atoms with Crippen LogP contribution in [0, 0.1) is 0 Å². The largest absolute Gasteiger partial charge is 0.493 e. The van der Waals surface area contributed by atoms with E-state index >= 15 is 0 Å². The fourth-order valence-corrected chi connectivity index (χ4v) is 4.29. The number of aromatic amines is 1. The molecule has 1 atom stereocenters. The van der Waals surface area contributed by atoms with Gasteiger partial charge in [0.25, 0.3) is 5.91 Å². The number of aromatic nitrogens is 1. The molecule has 0 aliphatic carbocycles. The zero-order valence-electron chi connectivity index (χ0n) is 16.3. The predicted octanol–water partition coefficient (Wildman–Crippen LogP) is 4.81. The van der Waals surface area contributed by atoms with Gasteiger partial charge in [0, 0.05) is 35.1 Å². The third kappa shape index (κ3) is 3.71. The van der Waals surface area contributed by atoms with Crippen molar-refractivity contribution in [3.8, 4) is 11.5 Å². The number of carbonyl (C=O) groups is 1. The number of thiophene rings is 1. The molecule has 0 saturated carbocycles. The van der Waals surface area contributed by atoms with Gasteiger partial charge in [0.05, 0.1) is 19.1 Å². The van der Waals surface area contributed by atoms with Crippen LogP contribution in [0.5, 0.6) is 11.5 Å². The molecule has 2 N–H and O–H groups in total. The first kappa shape index (κ1) is 19.1. The first-order valence-electron chi connectivity index (χ1n) is 9.31. The molecular weight excluding hydrogens is 384 g/mol. The van der Waals surface area contributed by atoms with Crippen molar-refractivity contribution < 1.29 is 14.3 Å². The van der Waals surface area contributed by atoms with Crippen molar-refractivity contribution in [1.82, 2.24) is 10.3 Å². The molecule has 0 radical (unpaired) electrons. The molecule has 148 valence electrons. The van der Waals surface area contributed by atoms with Gasteiger partial charge in [0.2, 0.25) is 0 Å². The number of rotatable bonds is 7. The number of carbonyl (C=O) groups excluding carboxylic acids is 1. The third-order valence-electron chi connectivity index (χ3n) is 5.02. The number of fused-ring (bicyclic) bond motifs is 1. The van der Waals surface area contributed by atoms with Crippen LogP contribution in [0.25, 0.3) is 10.9 Å². The zero-order chi connectivity index (χ0) is 20.2. The van der Waals surface area contributed by atoms with Gasteiger partial charge in [0.1, 0.15) is 0 Å². The highest BCUT2D eigenvalue weighted by atomic mass is 32.1. The Kier molecular flexibility index (Phi) is 5.53. The van der Waals surface area contributed by atoms with E-state index in [9.17, 15) is 4.79 Å². The maximum absolute atomic E-state index is 12.6. The number of amides is 1. The van der Waals surface area contributed by atoms with E-state index in [1.807, 2.05) is 60.1 Å². The second-order valence-electron chi connectivity index (χ2n) is 6.61. The van der Waals surface area contributed by atoms with Crippen LogP contribution in [0.4, 0.5) is 0 Å². The molecule has 0 bridgehead atoms. The minimum Gasteiger partial charge on any atom is -0.493 e. The van der Waals surface area contributed by atoms with Crippen LogP contribution < -0.4 is 14.8 Å². The molecule has 1 unspecified atom stereocenters. The first-order valence-corrected chi connectivity index (χ1v) is 10.2. The fraction of sp³-hybridized carbons (Fsp3) is 0.174. The highest BCUT2D eigenvalue weighted by molar-refractivity contribution is 7.12. The summed E-state index contributed by atoms with van der Waals surface area (Å²) in [7, 11) is 3.26. The average molecular weight is 407 g/mol. The van der Waals surface area contributed by atoms with Crippen LogP contribution in [-0.4, -0.2) is 31.7 Å². The van der Waals surface area contributed by atoms with Crippen LogP contribution in [-0.2, 0) is 0 Å². The molecule has 4 rings (SSSR count). The van der Waals surface area contributed by atoms with Gasteiger partial charge in [-0.05, 0) is 29.1 Å². The lowest BCUT2D eigenvalue weighted by Crippen LogP contribution is -2.28. The molecule has 1 amide bonds. The van der Waals surface area contributed by atoms with Gasteiger partial charge in [-0.15, -0.1) is 11.3 Å². The fourth-order valence-electron chi connectivity index (χ4n) is 3.65. The Balaban J connectivity index is 1.76. The molecule has 5 nitrogen and oxygen atoms in total. The van der Waals surface area contributed by atoms with Crippen molar-refractivity contribution in [2.24, 2.45) is 0 Å². The second kappa shape index (κ2) is 8.41. The Labute approximate surface area is 173 Å². The van der Waals surface area contributed by atoms with Crippen LogP contribution >= 0.6 is 11.3 Å². The van der Waals surface area contributed by atoms with Crippen molar-refractivity contribution in [2.45, 2.75) is 5.92 Å². The molecule has 2 aromatic heterocycles. The number of H-pyrrole nitrogens is 1. The summed E-state index contributed by atoms with van der Waals surface area (Å²) in [5, 5.41) is 6.10. The number of methoxy groups -OCH3 is 2. The van der Waals surface area contributed by atoms with Gasteiger partial charge in [-0.3, -0.25) is 4.79 Å². The van der Waals surface area contributed by atoms with Gasteiger partial charge in [0.15, 0.2) is 11.5 Å². The Morgan fingerprint density at radius 2 is 1.90 bits per heavy atom. The van der Waals surface area contributed by atoms with Crippen molar-refractivity contribution in [1.29, 1.82) is 0 Å². The van der Waals surface area contributed by atoms with Crippen molar-refractivity contribution in [3.05, 3.63) is 82.2 Å². The third-order valence-corrected chi connectivity index (χ3v) is 5.89. The van der Waals surface area contributed by atoms with Crippen molar-refractivity contribution in [2.75, 3.05) is 20.8 Å². The summed E-state index contributed by atoms with van der Waals surface area (Å²) in [6.45, 7) is 0.433. The number of nitrogens with one attached hydrogen (secondary N) is 2. The summed E-state index contributed by atoms with van der Waals surface area (Å²) in [5.41, 5.74) is 3.11. The Morgan fingerprint density at radius 1 is 1.03 bits per heavy atom. The smallest absolute Gasteiger partial charge is 0.261 e. The predicted molar refractivity (Wildman–Crippen MR) is 116 cm³/mol. The molecule has 0 spiro atoms. The van der Waals surface area contributed by atoms with E-state index in [4.69, 9.17) is 9.47 Å². The zero-order valence-corrected chi connectivity index (χ0v) is 17.1. The number of hydrogen-bond acceptors (Lipinski definition) is 4. The maximum atomic E-state index is 12.6. The maximum Gasteiger partial charge on any atom is 0.261 e. The monoisotopic (exact) mass is 406 g/mol. The van der Waals surface area contributed by atoms with E-state index in [0.717, 1.165) is 22.0 Å². The Bertz CT molecular complexity index is 1120. The van der Waals surface area contributed by atoms with Crippen molar-refractivity contribution in [3.63, 3.8) is 0 Å². The van der Waals surface area contributed by atoms with Gasteiger partial charge in [-0.2, -0.15) is 0 Å². The van der Waals surface area contributed by atoms with Crippen LogP contribution in [0.2, 0.25) is 0 Å². The number of hydrogen-bond donors (Lipinski definition) is 2. The summed E-state index contributed by atoms with van der Waals surface area (Å²) in [6.07, 6.45) is 2.01. The number of para-hydroxylation sites is 2. The molecule has 29 heavy (non-hydrogen) atoms. The molecule has 0 aliphatic heterocycles. The Morgan fingerprint density at radius 3 is 2.66 bits per heavy atom. The standard InChI is InChI=1S/C23H22N2O3S/c1-27-20-10-5-8-16(22(20)28-2)18(14-25-23(26)21-11-6-12-29-21)17-13-24-19-9-4-3-7-15(17)19/h3-13,18,24H,14H2,1-2H3,(H,25,26). The lowest BCUT2D eigenvalue weighted by molar-refractivity contribution is 0.0956. The number of ether oxygens (including phenoxy) is 2. The Hall–Kier alpha value is -3.25. The summed E-state index contributed by atoms with van der Waals surface area (Å²) in [6, 6.07) is 17.7. The molecule has 0 saturated heterocycles. The summed E-state index contributed by atoms with van der Waals surface area (Å²) in [5.74, 6) is 1.15.